The Kier molecular flexibility index (Phi) is 5.87. The number of carbonyl (C=O) groups excluding carboxylic acids is 1. The predicted molar refractivity (Wildman–Crippen MR) is 109 cm³/mol. The summed E-state index contributed by atoms with van der Waals surface area (Å²) in [5, 5.41) is 8.95. The van der Waals surface area contributed by atoms with Crippen molar-refractivity contribution in [1.29, 1.82) is 0 Å². The molecule has 0 saturated carbocycles. The number of aromatic nitrogens is 2. The summed E-state index contributed by atoms with van der Waals surface area (Å²) < 4.78 is 5.90. The Labute approximate surface area is 165 Å². The number of nitrogens with zero attached hydrogens (tertiary/aromatic N) is 2. The maximum atomic E-state index is 11.6. The molecule has 0 fully saturated rings. The summed E-state index contributed by atoms with van der Waals surface area (Å²) in [6.45, 7) is 0. The van der Waals surface area contributed by atoms with E-state index in [0.29, 0.717) is 17.3 Å². The quantitative estimate of drug-likeness (QED) is 0.548. The maximum Gasteiger partial charge on any atom is 0.251 e. The van der Waals surface area contributed by atoms with Crippen molar-refractivity contribution >= 4 is 45.0 Å². The van der Waals surface area contributed by atoms with Gasteiger partial charge in [0.1, 0.15) is 11.6 Å². The van der Waals surface area contributed by atoms with Gasteiger partial charge in [-0.3, -0.25) is 4.79 Å². The van der Waals surface area contributed by atoms with Crippen molar-refractivity contribution in [2.24, 2.45) is 0 Å². The van der Waals surface area contributed by atoms with Gasteiger partial charge in [0.05, 0.1) is 11.6 Å². The van der Waals surface area contributed by atoms with Gasteiger partial charge in [0, 0.05) is 30.2 Å². The van der Waals surface area contributed by atoms with E-state index in [1.165, 1.54) is 0 Å². The summed E-state index contributed by atoms with van der Waals surface area (Å²) in [5.41, 5.74) is 2.23. The summed E-state index contributed by atoms with van der Waals surface area (Å²) in [7, 11) is 3.23. The second kappa shape index (κ2) is 8.50. The second-order valence-electron chi connectivity index (χ2n) is 5.53. The SMILES string of the molecule is CNC(=O)c1ccc(Nc2ncc(Br)c(Nc3ccc(OC)cc3)n2)cc1. The zero-order valence-corrected chi connectivity index (χ0v) is 16.4. The number of nitrogens with one attached hydrogen (secondary N) is 3. The van der Waals surface area contributed by atoms with Crippen LogP contribution in [0.2, 0.25) is 0 Å². The molecule has 1 heterocycles. The van der Waals surface area contributed by atoms with Gasteiger partial charge in [-0.05, 0) is 64.5 Å². The van der Waals surface area contributed by atoms with Gasteiger partial charge >= 0.3 is 0 Å². The van der Waals surface area contributed by atoms with Gasteiger partial charge < -0.3 is 20.7 Å². The van der Waals surface area contributed by atoms with Gasteiger partial charge in [-0.25, -0.2) is 4.98 Å². The Balaban J connectivity index is 1.75. The van der Waals surface area contributed by atoms with Crippen molar-refractivity contribution in [3.05, 3.63) is 64.8 Å². The van der Waals surface area contributed by atoms with Crippen LogP contribution in [0.3, 0.4) is 0 Å². The van der Waals surface area contributed by atoms with Crippen LogP contribution >= 0.6 is 15.9 Å². The summed E-state index contributed by atoms with van der Waals surface area (Å²) >= 11 is 3.45. The molecule has 3 N–H and O–H groups in total. The van der Waals surface area contributed by atoms with Crippen LogP contribution in [0.1, 0.15) is 10.4 Å². The van der Waals surface area contributed by atoms with Crippen LogP contribution < -0.4 is 20.7 Å². The smallest absolute Gasteiger partial charge is 0.251 e. The largest absolute Gasteiger partial charge is 0.497 e. The van der Waals surface area contributed by atoms with E-state index in [0.717, 1.165) is 21.6 Å². The fourth-order valence-electron chi connectivity index (χ4n) is 2.30. The number of halogens is 1. The Bertz CT molecular complexity index is 930. The lowest BCUT2D eigenvalue weighted by Crippen LogP contribution is -2.17. The number of benzene rings is 2. The number of methoxy groups -OCH3 is 1. The van der Waals surface area contributed by atoms with Crippen LogP contribution in [0.5, 0.6) is 5.75 Å². The molecule has 0 radical (unpaired) electrons. The molecule has 8 heteroatoms. The Morgan fingerprint density at radius 1 is 1.00 bits per heavy atom. The van der Waals surface area contributed by atoms with Crippen LogP contribution in [0.25, 0.3) is 0 Å². The highest BCUT2D eigenvalue weighted by Crippen LogP contribution is 2.26. The van der Waals surface area contributed by atoms with Gasteiger partial charge in [0.15, 0.2) is 0 Å². The highest BCUT2D eigenvalue weighted by Gasteiger charge is 2.07. The van der Waals surface area contributed by atoms with Gasteiger partial charge in [0.2, 0.25) is 5.95 Å². The third-order valence-electron chi connectivity index (χ3n) is 3.73. The highest BCUT2D eigenvalue weighted by molar-refractivity contribution is 9.10. The first kappa shape index (κ1) is 18.7. The predicted octanol–water partition coefficient (Wildman–Crippen LogP) is 4.09. The van der Waals surface area contributed by atoms with Crippen LogP contribution in [0.4, 0.5) is 23.1 Å². The average Bonchev–Trinajstić information content (AvgIpc) is 2.71. The van der Waals surface area contributed by atoms with E-state index in [1.54, 1.807) is 44.6 Å². The van der Waals surface area contributed by atoms with Crippen molar-refractivity contribution in [1.82, 2.24) is 15.3 Å². The molecule has 1 amide bonds. The monoisotopic (exact) mass is 427 g/mol. The standard InChI is InChI=1S/C19H18BrN5O2/c1-21-18(26)12-3-5-14(6-4-12)24-19-22-11-16(20)17(25-19)23-13-7-9-15(27-2)10-8-13/h3-11H,1-2H3,(H,21,26)(H2,22,23,24,25). The lowest BCUT2D eigenvalue weighted by molar-refractivity contribution is 0.0963. The Morgan fingerprint density at radius 2 is 1.63 bits per heavy atom. The summed E-state index contributed by atoms with van der Waals surface area (Å²) in [6.07, 6.45) is 1.67. The molecular weight excluding hydrogens is 410 g/mol. The molecule has 0 bridgehead atoms. The lowest BCUT2D eigenvalue weighted by atomic mass is 10.2. The number of carbonyl (C=O) groups is 1. The van der Waals surface area contributed by atoms with Gasteiger partial charge in [-0.2, -0.15) is 4.98 Å². The molecule has 138 valence electrons. The minimum atomic E-state index is -0.132. The van der Waals surface area contributed by atoms with Crippen LogP contribution in [-0.4, -0.2) is 30.0 Å². The van der Waals surface area contributed by atoms with Crippen molar-refractivity contribution in [2.75, 3.05) is 24.8 Å². The molecule has 0 unspecified atom stereocenters. The molecule has 0 spiro atoms. The Hall–Kier alpha value is -3.13. The van der Waals surface area contributed by atoms with Crippen molar-refractivity contribution in [3.63, 3.8) is 0 Å². The number of hydrogen-bond donors (Lipinski definition) is 3. The van der Waals surface area contributed by atoms with Crippen molar-refractivity contribution in [3.8, 4) is 5.75 Å². The molecule has 2 aromatic carbocycles. The van der Waals surface area contributed by atoms with E-state index < -0.39 is 0 Å². The first-order chi connectivity index (χ1) is 13.1. The summed E-state index contributed by atoms with van der Waals surface area (Å²) in [4.78, 5) is 20.4. The first-order valence-corrected chi connectivity index (χ1v) is 8.91. The molecule has 27 heavy (non-hydrogen) atoms. The van der Waals surface area contributed by atoms with Crippen LogP contribution in [-0.2, 0) is 0 Å². The molecule has 0 aliphatic carbocycles. The molecule has 0 atom stereocenters. The van der Waals surface area contributed by atoms with Crippen LogP contribution in [0.15, 0.2) is 59.2 Å². The number of ether oxygens (including phenoxy) is 1. The number of amides is 1. The summed E-state index contributed by atoms with van der Waals surface area (Å²) in [6, 6.07) is 14.6. The third-order valence-corrected chi connectivity index (χ3v) is 4.31. The highest BCUT2D eigenvalue weighted by atomic mass is 79.9. The number of anilines is 4. The zero-order chi connectivity index (χ0) is 19.2. The van der Waals surface area contributed by atoms with Crippen LogP contribution in [0, 0.1) is 0 Å². The zero-order valence-electron chi connectivity index (χ0n) is 14.8. The molecule has 0 aliphatic rings. The minimum absolute atomic E-state index is 0.132. The average molecular weight is 428 g/mol. The molecular formula is C19H18BrN5O2. The van der Waals surface area contributed by atoms with E-state index in [-0.39, 0.29) is 5.91 Å². The molecule has 3 rings (SSSR count). The van der Waals surface area contributed by atoms with Gasteiger partial charge in [0.25, 0.3) is 5.91 Å². The number of hydrogen-bond acceptors (Lipinski definition) is 6. The lowest BCUT2D eigenvalue weighted by Gasteiger charge is -2.11. The third kappa shape index (κ3) is 4.73. The molecule has 7 nitrogen and oxygen atoms in total. The van der Waals surface area contributed by atoms with Gasteiger partial charge in [-0.15, -0.1) is 0 Å². The van der Waals surface area contributed by atoms with E-state index in [2.05, 4.69) is 41.8 Å². The van der Waals surface area contributed by atoms with E-state index in [9.17, 15) is 4.79 Å². The summed E-state index contributed by atoms with van der Waals surface area (Å²) in [5.74, 6) is 1.71. The Morgan fingerprint density at radius 3 is 2.26 bits per heavy atom. The molecule has 1 aromatic heterocycles. The van der Waals surface area contributed by atoms with E-state index in [1.807, 2.05) is 24.3 Å². The molecule has 3 aromatic rings. The molecule has 0 saturated heterocycles. The minimum Gasteiger partial charge on any atom is -0.497 e. The normalized spacial score (nSPS) is 10.2. The fourth-order valence-corrected chi connectivity index (χ4v) is 2.59. The fraction of sp³-hybridized carbons (Fsp3) is 0.105. The number of rotatable bonds is 6. The first-order valence-electron chi connectivity index (χ1n) is 8.12. The van der Waals surface area contributed by atoms with E-state index in [4.69, 9.17) is 4.74 Å². The second-order valence-corrected chi connectivity index (χ2v) is 6.38. The van der Waals surface area contributed by atoms with Crippen molar-refractivity contribution in [2.45, 2.75) is 0 Å². The van der Waals surface area contributed by atoms with Gasteiger partial charge in [-0.1, -0.05) is 0 Å². The van der Waals surface area contributed by atoms with Crippen molar-refractivity contribution < 1.29 is 9.53 Å². The topological polar surface area (TPSA) is 88.2 Å². The van der Waals surface area contributed by atoms with E-state index >= 15 is 0 Å². The maximum absolute atomic E-state index is 11.6. The molecule has 0 aliphatic heterocycles.